The third kappa shape index (κ3) is 4.10. The lowest BCUT2D eigenvalue weighted by atomic mass is 9.71. The number of nitrogens with one attached hydrogen (secondary N) is 1. The summed E-state index contributed by atoms with van der Waals surface area (Å²) in [4.78, 5) is 26.2. The highest BCUT2D eigenvalue weighted by Gasteiger charge is 2.44. The minimum absolute atomic E-state index is 0.0593. The van der Waals surface area contributed by atoms with Crippen LogP contribution in [0.2, 0.25) is 10.0 Å². The second-order valence-electron chi connectivity index (χ2n) is 8.14. The van der Waals surface area contributed by atoms with Crippen LogP contribution < -0.4 is 5.32 Å². The van der Waals surface area contributed by atoms with Crippen LogP contribution in [0.25, 0.3) is 0 Å². The molecule has 2 atom stereocenters. The van der Waals surface area contributed by atoms with Crippen molar-refractivity contribution in [3.8, 4) is 0 Å². The minimum Gasteiger partial charge on any atom is -0.462 e. The molecule has 3 aliphatic rings. The molecule has 0 radical (unpaired) electrons. The molecule has 0 aromatic heterocycles. The van der Waals surface area contributed by atoms with Gasteiger partial charge in [0.2, 0.25) is 0 Å². The number of Topliss-reactive ketones (excluding diaryl/α,β-unsaturated/α-hetero) is 1. The van der Waals surface area contributed by atoms with E-state index in [1.807, 2.05) is 6.07 Å². The number of carbonyl (C=O) groups excluding carboxylic acids is 2. The first-order chi connectivity index (χ1) is 14.0. The van der Waals surface area contributed by atoms with Crippen molar-refractivity contribution in [1.82, 2.24) is 5.32 Å². The fourth-order valence-corrected chi connectivity index (χ4v) is 5.06. The van der Waals surface area contributed by atoms with Crippen LogP contribution in [0, 0.1) is 5.92 Å². The summed E-state index contributed by atoms with van der Waals surface area (Å²) < 4.78 is 5.89. The molecule has 1 aromatic rings. The van der Waals surface area contributed by atoms with Crippen molar-refractivity contribution in [3.05, 3.63) is 57.4 Å². The van der Waals surface area contributed by atoms with Gasteiger partial charge < -0.3 is 10.1 Å². The number of halogens is 2. The van der Waals surface area contributed by atoms with Crippen LogP contribution in [0.5, 0.6) is 0 Å². The van der Waals surface area contributed by atoms with Crippen molar-refractivity contribution in [2.45, 2.75) is 63.4 Å². The highest BCUT2D eigenvalue weighted by molar-refractivity contribution is 6.42. The van der Waals surface area contributed by atoms with Crippen molar-refractivity contribution >= 4 is 35.0 Å². The number of benzene rings is 1. The summed E-state index contributed by atoms with van der Waals surface area (Å²) in [5, 5.41) is 4.09. The molecule has 1 aromatic carbocycles. The Morgan fingerprint density at radius 2 is 1.83 bits per heavy atom. The fraction of sp³-hybridized carbons (Fsp3) is 0.478. The molecule has 4 rings (SSSR count). The van der Waals surface area contributed by atoms with E-state index in [0.29, 0.717) is 27.7 Å². The topological polar surface area (TPSA) is 55.4 Å². The lowest BCUT2D eigenvalue weighted by Crippen LogP contribution is -2.42. The average molecular weight is 434 g/mol. The SMILES string of the molecule is C=C1NC2=C(C(=O)CCC2)C(c2ccc(Cl)c(Cl)c2)C1C(=O)OC1CCCCC1. The van der Waals surface area contributed by atoms with Gasteiger partial charge in [-0.15, -0.1) is 0 Å². The normalized spacial score (nSPS) is 25.4. The maximum absolute atomic E-state index is 13.3. The van der Waals surface area contributed by atoms with Crippen LogP contribution in [0.4, 0.5) is 0 Å². The van der Waals surface area contributed by atoms with Crippen LogP contribution in [-0.2, 0) is 14.3 Å². The maximum Gasteiger partial charge on any atom is 0.316 e. The van der Waals surface area contributed by atoms with Gasteiger partial charge in [0.15, 0.2) is 5.78 Å². The zero-order valence-corrected chi connectivity index (χ0v) is 17.8. The molecule has 1 fully saturated rings. The number of esters is 1. The van der Waals surface area contributed by atoms with Crippen molar-refractivity contribution in [3.63, 3.8) is 0 Å². The van der Waals surface area contributed by atoms with Crippen LogP contribution in [-0.4, -0.2) is 17.9 Å². The van der Waals surface area contributed by atoms with Gasteiger partial charge in [-0.3, -0.25) is 9.59 Å². The summed E-state index contributed by atoms with van der Waals surface area (Å²) in [5.74, 6) is -1.39. The van der Waals surface area contributed by atoms with Crippen LogP contribution in [0.1, 0.15) is 62.8 Å². The molecule has 1 saturated carbocycles. The van der Waals surface area contributed by atoms with Gasteiger partial charge in [0, 0.05) is 29.3 Å². The van der Waals surface area contributed by atoms with Crippen molar-refractivity contribution in [2.24, 2.45) is 5.92 Å². The Labute approximate surface area is 181 Å². The summed E-state index contributed by atoms with van der Waals surface area (Å²) in [6.07, 6.45) is 7.10. The minimum atomic E-state index is -0.671. The van der Waals surface area contributed by atoms with E-state index >= 15 is 0 Å². The van der Waals surface area contributed by atoms with E-state index < -0.39 is 11.8 Å². The maximum atomic E-state index is 13.3. The van der Waals surface area contributed by atoms with Gasteiger partial charge in [0.1, 0.15) is 12.0 Å². The van der Waals surface area contributed by atoms with Gasteiger partial charge in [-0.25, -0.2) is 0 Å². The largest absolute Gasteiger partial charge is 0.462 e. The molecule has 0 saturated heterocycles. The fourth-order valence-electron chi connectivity index (χ4n) is 4.76. The average Bonchev–Trinajstić information content (AvgIpc) is 2.70. The highest BCUT2D eigenvalue weighted by atomic mass is 35.5. The Morgan fingerprint density at radius 3 is 2.55 bits per heavy atom. The van der Waals surface area contributed by atoms with E-state index in [9.17, 15) is 9.59 Å². The summed E-state index contributed by atoms with van der Waals surface area (Å²) >= 11 is 12.4. The Bertz CT molecular complexity index is 886. The summed E-state index contributed by atoms with van der Waals surface area (Å²) in [6.45, 7) is 4.13. The molecule has 154 valence electrons. The van der Waals surface area contributed by atoms with Crippen LogP contribution in [0.15, 0.2) is 41.7 Å². The van der Waals surface area contributed by atoms with E-state index in [1.165, 1.54) is 6.42 Å². The number of hydrogen-bond donors (Lipinski definition) is 1. The molecular formula is C23H25Cl2NO3. The molecule has 2 unspecified atom stereocenters. The third-order valence-corrected chi connectivity index (χ3v) is 6.92. The zero-order chi connectivity index (χ0) is 20.5. The molecule has 6 heteroatoms. The first-order valence-corrected chi connectivity index (χ1v) is 11.1. The van der Waals surface area contributed by atoms with Gasteiger partial charge in [-0.05, 0) is 56.2 Å². The first-order valence-electron chi connectivity index (χ1n) is 10.3. The zero-order valence-electron chi connectivity index (χ0n) is 16.3. The molecule has 29 heavy (non-hydrogen) atoms. The van der Waals surface area contributed by atoms with Crippen molar-refractivity contribution < 1.29 is 14.3 Å². The highest BCUT2D eigenvalue weighted by Crippen LogP contribution is 2.45. The Balaban J connectivity index is 1.74. The van der Waals surface area contributed by atoms with Crippen molar-refractivity contribution in [1.29, 1.82) is 0 Å². The summed E-state index contributed by atoms with van der Waals surface area (Å²) in [5.41, 5.74) is 2.89. The molecule has 2 aliphatic carbocycles. The number of ketones is 1. The van der Waals surface area contributed by atoms with Gasteiger partial charge in [-0.2, -0.15) is 0 Å². The van der Waals surface area contributed by atoms with Gasteiger partial charge in [-0.1, -0.05) is 42.3 Å². The molecule has 1 aliphatic heterocycles. The smallest absolute Gasteiger partial charge is 0.316 e. The molecule has 0 amide bonds. The Morgan fingerprint density at radius 1 is 1.07 bits per heavy atom. The Kier molecular flexibility index (Phi) is 6.03. The van der Waals surface area contributed by atoms with Crippen LogP contribution >= 0.6 is 23.2 Å². The first kappa shape index (κ1) is 20.5. The number of allylic oxidation sites excluding steroid dienone is 2. The van der Waals surface area contributed by atoms with E-state index in [0.717, 1.165) is 49.8 Å². The lowest BCUT2D eigenvalue weighted by molar-refractivity contribution is -0.155. The number of hydrogen-bond acceptors (Lipinski definition) is 4. The molecule has 0 bridgehead atoms. The number of rotatable bonds is 3. The standard InChI is InChI=1S/C23H25Cl2NO3/c1-13-20(23(28)29-15-6-3-2-4-7-15)21(14-10-11-16(24)17(25)12-14)22-18(26-13)8-5-9-19(22)27/h10-12,15,20-21,26H,1-9H2. The number of carbonyl (C=O) groups is 2. The van der Waals surface area contributed by atoms with E-state index in [-0.39, 0.29) is 17.9 Å². The summed E-state index contributed by atoms with van der Waals surface area (Å²) in [7, 11) is 0. The Hall–Kier alpha value is -1.78. The third-order valence-electron chi connectivity index (χ3n) is 6.18. The van der Waals surface area contributed by atoms with Crippen molar-refractivity contribution in [2.75, 3.05) is 0 Å². The van der Waals surface area contributed by atoms with E-state index in [4.69, 9.17) is 27.9 Å². The second kappa shape index (κ2) is 8.53. The quantitative estimate of drug-likeness (QED) is 0.621. The summed E-state index contributed by atoms with van der Waals surface area (Å²) in [6, 6.07) is 5.30. The van der Waals surface area contributed by atoms with Gasteiger partial charge >= 0.3 is 5.97 Å². The predicted molar refractivity (Wildman–Crippen MR) is 114 cm³/mol. The molecule has 0 spiro atoms. The molecule has 1 heterocycles. The predicted octanol–water partition coefficient (Wildman–Crippen LogP) is 5.69. The molecular weight excluding hydrogens is 409 g/mol. The van der Waals surface area contributed by atoms with E-state index in [1.54, 1.807) is 12.1 Å². The lowest BCUT2D eigenvalue weighted by Gasteiger charge is -2.39. The van der Waals surface area contributed by atoms with Gasteiger partial charge in [0.05, 0.1) is 10.0 Å². The monoisotopic (exact) mass is 433 g/mol. The molecule has 1 N–H and O–H groups in total. The molecule has 4 nitrogen and oxygen atoms in total. The van der Waals surface area contributed by atoms with E-state index in [2.05, 4.69) is 11.9 Å². The number of ether oxygens (including phenoxy) is 1. The van der Waals surface area contributed by atoms with Gasteiger partial charge in [0.25, 0.3) is 0 Å². The van der Waals surface area contributed by atoms with Crippen LogP contribution in [0.3, 0.4) is 0 Å². The second-order valence-corrected chi connectivity index (χ2v) is 8.96.